The van der Waals surface area contributed by atoms with E-state index < -0.39 is 6.16 Å². The topological polar surface area (TPSA) is 66.3 Å². The van der Waals surface area contributed by atoms with Crippen LogP contribution in [0.4, 0.5) is 4.79 Å². The second-order valence-corrected chi connectivity index (χ2v) is 2.20. The van der Waals surface area contributed by atoms with Crippen LogP contribution >= 0.6 is 0 Å². The fraction of sp³-hybridized carbons (Fsp3) is 0.667. The van der Waals surface area contributed by atoms with E-state index in [9.17, 15) is 9.59 Å². The number of carbonyl (C=O) groups excluding carboxylic acids is 1. The van der Waals surface area contributed by atoms with Gasteiger partial charge >= 0.3 is 12.1 Å². The smallest absolute Gasteiger partial charge is 0.518 e. The lowest BCUT2D eigenvalue weighted by molar-refractivity contribution is -0.202. The van der Waals surface area contributed by atoms with Crippen molar-refractivity contribution in [2.75, 3.05) is 13.4 Å². The Bertz CT molecular complexity index is 176. The molecule has 1 fully saturated rings. The number of hydrogen-bond donors (Lipinski definition) is 1. The molecule has 0 amide bonds. The summed E-state index contributed by atoms with van der Waals surface area (Å²) in [4.78, 5) is 20.7. The molecule has 0 saturated carbocycles. The average molecular weight is 161 g/mol. The molecule has 5 heteroatoms. The molecular formula is C6H9O5+. The third-order valence-corrected chi connectivity index (χ3v) is 1.42. The number of hydrogen-bond acceptors (Lipinski definition) is 3. The van der Waals surface area contributed by atoms with Crippen molar-refractivity contribution >= 4 is 12.1 Å². The van der Waals surface area contributed by atoms with Crippen LogP contribution in [0.25, 0.3) is 0 Å². The van der Waals surface area contributed by atoms with Crippen LogP contribution in [-0.2, 0) is 13.9 Å². The van der Waals surface area contributed by atoms with E-state index in [0.717, 1.165) is 6.42 Å². The van der Waals surface area contributed by atoms with Crippen molar-refractivity contribution in [3.63, 3.8) is 0 Å². The molecule has 0 bridgehead atoms. The zero-order chi connectivity index (χ0) is 8.27. The molecule has 0 atom stereocenters. The molecule has 0 radical (unpaired) electrons. The Balaban J connectivity index is 2.26. The van der Waals surface area contributed by atoms with Crippen LogP contribution in [0.1, 0.15) is 12.8 Å². The number of rotatable bonds is 2. The van der Waals surface area contributed by atoms with Crippen molar-refractivity contribution in [1.29, 1.82) is 0 Å². The van der Waals surface area contributed by atoms with Crippen LogP contribution in [-0.4, -0.2) is 30.6 Å². The summed E-state index contributed by atoms with van der Waals surface area (Å²) in [5.41, 5.74) is 0. The number of ether oxygens (including phenoxy) is 1. The maximum Gasteiger partial charge on any atom is 0.520 e. The van der Waals surface area contributed by atoms with Crippen molar-refractivity contribution in [3.05, 3.63) is 0 Å². The van der Waals surface area contributed by atoms with Crippen LogP contribution in [0.2, 0.25) is 0 Å². The van der Waals surface area contributed by atoms with Crippen LogP contribution in [0.15, 0.2) is 0 Å². The van der Waals surface area contributed by atoms with Crippen LogP contribution in [0.5, 0.6) is 0 Å². The predicted molar refractivity (Wildman–Crippen MR) is 34.2 cm³/mol. The normalized spacial score (nSPS) is 17.1. The van der Waals surface area contributed by atoms with E-state index in [4.69, 9.17) is 5.11 Å². The first-order valence-corrected chi connectivity index (χ1v) is 3.26. The van der Waals surface area contributed by atoms with Gasteiger partial charge in [-0.25, -0.2) is 4.79 Å². The second-order valence-electron chi connectivity index (χ2n) is 2.20. The van der Waals surface area contributed by atoms with E-state index in [-0.39, 0.29) is 12.8 Å². The summed E-state index contributed by atoms with van der Waals surface area (Å²) in [6.45, 7) is 0.306. The quantitative estimate of drug-likeness (QED) is 0.473. The molecule has 11 heavy (non-hydrogen) atoms. The molecule has 5 nitrogen and oxygen atoms in total. The van der Waals surface area contributed by atoms with Crippen molar-refractivity contribution in [2.24, 2.45) is 0 Å². The van der Waals surface area contributed by atoms with E-state index in [2.05, 4.69) is 9.10 Å². The Morgan fingerprint density at radius 3 is 2.91 bits per heavy atom. The Morgan fingerprint density at radius 1 is 1.73 bits per heavy atom. The first-order valence-electron chi connectivity index (χ1n) is 3.26. The van der Waals surface area contributed by atoms with E-state index in [1.165, 1.54) is 0 Å². The Hall–Kier alpha value is -1.26. The summed E-state index contributed by atoms with van der Waals surface area (Å²) in [5.74, 6) is -0.119. The van der Waals surface area contributed by atoms with Gasteiger partial charge in [0.25, 0.3) is 6.79 Å². The SMILES string of the molecule is O=C(O)OC[O+]1CCCC1=O. The van der Waals surface area contributed by atoms with Gasteiger partial charge in [0.15, 0.2) is 0 Å². The molecule has 1 rings (SSSR count). The minimum absolute atomic E-state index is 0.119. The molecule has 0 aromatic heterocycles. The van der Waals surface area contributed by atoms with Crippen molar-refractivity contribution in [1.82, 2.24) is 0 Å². The minimum Gasteiger partial charge on any atom is -0.518 e. The summed E-state index contributed by atoms with van der Waals surface area (Å²) in [6.07, 6.45) is -0.141. The number of carbonyl (C=O) groups is 2. The Morgan fingerprint density at radius 2 is 2.45 bits per heavy atom. The highest BCUT2D eigenvalue weighted by atomic mass is 16.8. The van der Waals surface area contributed by atoms with Crippen molar-refractivity contribution < 1.29 is 23.8 Å². The molecule has 1 N–H and O–H groups in total. The molecule has 0 spiro atoms. The van der Waals surface area contributed by atoms with Gasteiger partial charge in [0.2, 0.25) is 0 Å². The predicted octanol–water partition coefficient (Wildman–Crippen LogP) is 0.511. The lowest BCUT2D eigenvalue weighted by Crippen LogP contribution is -2.20. The third-order valence-electron chi connectivity index (χ3n) is 1.42. The van der Waals surface area contributed by atoms with Crippen LogP contribution in [0.3, 0.4) is 0 Å². The lowest BCUT2D eigenvalue weighted by atomic mass is 10.4. The lowest BCUT2D eigenvalue weighted by Gasteiger charge is -2.14. The van der Waals surface area contributed by atoms with Crippen LogP contribution < -0.4 is 0 Å². The highest BCUT2D eigenvalue weighted by Crippen LogP contribution is 2.13. The van der Waals surface area contributed by atoms with Crippen LogP contribution in [0, 0.1) is 0 Å². The molecule has 0 aromatic rings. The van der Waals surface area contributed by atoms with E-state index in [1.807, 2.05) is 0 Å². The zero-order valence-electron chi connectivity index (χ0n) is 5.91. The second kappa shape index (κ2) is 3.23. The molecule has 1 saturated heterocycles. The van der Waals surface area contributed by atoms with Gasteiger partial charge in [0, 0.05) is 11.2 Å². The van der Waals surface area contributed by atoms with Gasteiger partial charge in [-0.15, -0.1) is 0 Å². The first kappa shape index (κ1) is 7.84. The minimum atomic E-state index is -1.36. The highest BCUT2D eigenvalue weighted by Gasteiger charge is 2.28. The fourth-order valence-corrected chi connectivity index (χ4v) is 0.895. The standard InChI is InChI=1S/C6H8O5/c7-5-2-1-3-11(5)4-10-6(8)9/h1-4H2/p+1. The molecule has 1 aliphatic heterocycles. The van der Waals surface area contributed by atoms with Gasteiger partial charge in [-0.1, -0.05) is 0 Å². The Labute approximate surface area is 63.2 Å². The van der Waals surface area contributed by atoms with Gasteiger partial charge in [0.05, 0.1) is 0 Å². The van der Waals surface area contributed by atoms with Gasteiger partial charge in [-0.3, -0.25) is 0 Å². The van der Waals surface area contributed by atoms with E-state index in [1.54, 1.807) is 0 Å². The Kier molecular flexibility index (Phi) is 2.30. The summed E-state index contributed by atoms with van der Waals surface area (Å²) in [5, 5.41) is 8.09. The molecule has 1 aliphatic rings. The molecule has 62 valence electrons. The summed E-state index contributed by atoms with van der Waals surface area (Å²) < 4.78 is 6.34. The third kappa shape index (κ3) is 2.10. The molecule has 1 heterocycles. The van der Waals surface area contributed by atoms with Gasteiger partial charge in [-0.05, 0) is 0 Å². The summed E-state index contributed by atoms with van der Waals surface area (Å²) >= 11 is 0. The molecular weight excluding hydrogens is 152 g/mol. The largest absolute Gasteiger partial charge is 0.520 e. The van der Waals surface area contributed by atoms with Crippen molar-refractivity contribution in [2.45, 2.75) is 12.8 Å². The monoisotopic (exact) mass is 161 g/mol. The maximum absolute atomic E-state index is 10.8. The highest BCUT2D eigenvalue weighted by molar-refractivity contribution is 5.72. The summed E-state index contributed by atoms with van der Waals surface area (Å²) in [6, 6.07) is 0. The van der Waals surface area contributed by atoms with E-state index in [0.29, 0.717) is 13.0 Å². The molecule has 0 aromatic carbocycles. The van der Waals surface area contributed by atoms with Gasteiger partial charge in [-0.2, -0.15) is 0 Å². The average Bonchev–Trinajstić information content (AvgIpc) is 2.31. The van der Waals surface area contributed by atoms with E-state index >= 15 is 0 Å². The fourth-order valence-electron chi connectivity index (χ4n) is 0.895. The molecule has 0 unspecified atom stereocenters. The van der Waals surface area contributed by atoms with Gasteiger partial charge < -0.3 is 14.2 Å². The number of cyclic esters (lactones) is 1. The summed E-state index contributed by atoms with van der Waals surface area (Å²) in [7, 11) is 0. The number of carboxylic acid groups (broad SMARTS) is 1. The first-order chi connectivity index (χ1) is 5.20. The van der Waals surface area contributed by atoms with Gasteiger partial charge in [0.1, 0.15) is 13.0 Å². The van der Waals surface area contributed by atoms with Crippen molar-refractivity contribution in [3.8, 4) is 0 Å². The maximum atomic E-state index is 10.8. The molecule has 0 aliphatic carbocycles. The zero-order valence-corrected chi connectivity index (χ0v) is 5.91.